The fourth-order valence-electron chi connectivity index (χ4n) is 6.51. The Morgan fingerprint density at radius 1 is 1.15 bits per heavy atom. The van der Waals surface area contributed by atoms with E-state index >= 15 is 0 Å². The molecule has 3 N–H and O–H groups in total. The molecule has 0 saturated carbocycles. The Labute approximate surface area is 265 Å². The number of aliphatic hydroxyl groups is 1. The molecule has 0 radical (unpaired) electrons. The number of carbonyl (C=O) groups excluding carboxylic acids is 1. The number of anilines is 1. The number of alkyl halides is 2. The number of fused-ring (bicyclic) bond motifs is 2. The minimum atomic E-state index is -2.64. The van der Waals surface area contributed by atoms with Crippen LogP contribution in [0.25, 0.3) is 11.0 Å². The van der Waals surface area contributed by atoms with Crippen molar-refractivity contribution in [2.24, 2.45) is 0 Å². The van der Waals surface area contributed by atoms with E-state index in [4.69, 9.17) is 9.47 Å². The molecule has 2 saturated heterocycles. The van der Waals surface area contributed by atoms with Crippen LogP contribution in [-0.4, -0.2) is 88.8 Å². The molecule has 4 aromatic rings. The predicted octanol–water partition coefficient (Wildman–Crippen LogP) is 5.41. The molecule has 0 bridgehead atoms. The number of hydrogen-bond acceptors (Lipinski definition) is 7. The third kappa shape index (κ3) is 6.05. The molecule has 0 spiro atoms. The average molecular weight is 633 g/mol. The maximum Gasteiger partial charge on any atom is 0.322 e. The Bertz CT molecular complexity index is 1750. The molecule has 2 amide bonds. The number of nitrogens with zero attached hydrogens (tertiary/aromatic N) is 4. The molecule has 0 unspecified atom stereocenters. The number of halogens is 2. The first kappa shape index (κ1) is 30.5. The largest absolute Gasteiger partial charge is 0.457 e. The van der Waals surface area contributed by atoms with Gasteiger partial charge in [-0.3, -0.25) is 4.90 Å². The standard InChI is InChI=1S/C34H38F2N6O4/c1-21-16-42(33(43)38-24-4-3-22(27(14-24)31(35)36)17-41-11-9-40(2)10-12-41)18-23-13-25(5-6-26(21)23)46-29-7-8-37-32-28(29)15-30(39-32)34(44)19-45-20-34/h3-8,13-15,21,31,44H,9-12,16-20H2,1-2H3,(H,37,39)(H,38,43)/t21-/m0/s1. The molecule has 2 aromatic heterocycles. The van der Waals surface area contributed by atoms with Crippen LogP contribution < -0.4 is 10.1 Å². The van der Waals surface area contributed by atoms with Crippen molar-refractivity contribution in [2.75, 3.05) is 58.3 Å². The second-order valence-corrected chi connectivity index (χ2v) is 12.7. The van der Waals surface area contributed by atoms with Crippen molar-refractivity contribution in [3.05, 3.63) is 82.7 Å². The summed E-state index contributed by atoms with van der Waals surface area (Å²) < 4.78 is 39.7. The molecule has 46 heavy (non-hydrogen) atoms. The van der Waals surface area contributed by atoms with Gasteiger partial charge < -0.3 is 34.7 Å². The normalized spacial score (nSPS) is 20.0. The summed E-state index contributed by atoms with van der Waals surface area (Å²) >= 11 is 0. The fraction of sp³-hybridized carbons (Fsp3) is 0.412. The van der Waals surface area contributed by atoms with Crippen LogP contribution in [0, 0.1) is 0 Å². The number of carbonyl (C=O) groups is 1. The van der Waals surface area contributed by atoms with Crippen LogP contribution in [0.2, 0.25) is 0 Å². The van der Waals surface area contributed by atoms with Gasteiger partial charge in [-0.2, -0.15) is 0 Å². The number of aromatic nitrogens is 2. The van der Waals surface area contributed by atoms with E-state index in [9.17, 15) is 18.7 Å². The number of urea groups is 1. The maximum atomic E-state index is 14.1. The minimum absolute atomic E-state index is 0.0502. The SMILES string of the molecule is C[C@H]1CN(C(=O)Nc2ccc(CN3CCN(C)CC3)c(C(F)F)c2)Cc2cc(Oc3ccnc4[nH]c(C5(O)COC5)cc34)ccc21. The lowest BCUT2D eigenvalue weighted by molar-refractivity contribution is -0.186. The molecule has 2 aromatic carbocycles. The van der Waals surface area contributed by atoms with Crippen molar-refractivity contribution >= 4 is 22.8 Å². The van der Waals surface area contributed by atoms with Crippen LogP contribution in [0.15, 0.2) is 54.7 Å². The summed E-state index contributed by atoms with van der Waals surface area (Å²) in [5.74, 6) is 1.25. The van der Waals surface area contributed by atoms with Gasteiger partial charge in [0, 0.05) is 63.3 Å². The van der Waals surface area contributed by atoms with Crippen LogP contribution in [-0.2, 0) is 23.4 Å². The highest BCUT2D eigenvalue weighted by molar-refractivity contribution is 5.90. The topological polar surface area (TPSA) is 106 Å². The van der Waals surface area contributed by atoms with Gasteiger partial charge in [-0.05, 0) is 66.1 Å². The summed E-state index contributed by atoms with van der Waals surface area (Å²) in [6, 6.07) is 13.9. The quantitative estimate of drug-likeness (QED) is 0.250. The van der Waals surface area contributed by atoms with Crippen LogP contribution >= 0.6 is 0 Å². The number of nitrogens with one attached hydrogen (secondary N) is 2. The summed E-state index contributed by atoms with van der Waals surface area (Å²) in [7, 11) is 2.06. The molecule has 242 valence electrons. The number of ether oxygens (including phenoxy) is 2. The average Bonchev–Trinajstić information content (AvgIpc) is 3.47. The van der Waals surface area contributed by atoms with Gasteiger partial charge in [-0.1, -0.05) is 19.1 Å². The third-order valence-electron chi connectivity index (χ3n) is 9.31. The van der Waals surface area contributed by atoms with E-state index < -0.39 is 12.0 Å². The fourth-order valence-corrected chi connectivity index (χ4v) is 6.51. The molecule has 3 aliphatic rings. The molecule has 12 heteroatoms. The van der Waals surface area contributed by atoms with E-state index in [0.29, 0.717) is 53.7 Å². The summed E-state index contributed by atoms with van der Waals surface area (Å²) in [5, 5.41) is 14.3. The van der Waals surface area contributed by atoms with Crippen molar-refractivity contribution < 1.29 is 28.2 Å². The number of hydrogen-bond donors (Lipinski definition) is 3. The van der Waals surface area contributed by atoms with Gasteiger partial charge in [0.1, 0.15) is 17.1 Å². The number of H-pyrrole nitrogens is 1. The van der Waals surface area contributed by atoms with Gasteiger partial charge in [0.05, 0.1) is 24.3 Å². The highest BCUT2D eigenvalue weighted by Gasteiger charge is 2.39. The lowest BCUT2D eigenvalue weighted by Gasteiger charge is -2.35. The van der Waals surface area contributed by atoms with Gasteiger partial charge in [0.15, 0.2) is 5.60 Å². The van der Waals surface area contributed by atoms with E-state index in [2.05, 4.69) is 39.1 Å². The number of benzene rings is 2. The number of rotatable bonds is 7. The maximum absolute atomic E-state index is 14.1. The molecule has 7 rings (SSSR count). The molecular formula is C34H38F2N6O4. The summed E-state index contributed by atoms with van der Waals surface area (Å²) in [4.78, 5) is 27.1. The first-order chi connectivity index (χ1) is 22.1. The monoisotopic (exact) mass is 632 g/mol. The van der Waals surface area contributed by atoms with Gasteiger partial charge in [-0.15, -0.1) is 0 Å². The van der Waals surface area contributed by atoms with E-state index in [0.717, 1.165) is 42.7 Å². The number of pyridine rings is 1. The molecule has 0 aliphatic carbocycles. The second kappa shape index (κ2) is 12.3. The van der Waals surface area contributed by atoms with Gasteiger partial charge in [0.25, 0.3) is 6.43 Å². The van der Waals surface area contributed by atoms with E-state index in [1.54, 1.807) is 29.3 Å². The number of aromatic amines is 1. The number of likely N-dealkylation sites (N-methyl/N-ethyl adjacent to an activating group) is 1. The Hall–Kier alpha value is -4.10. The Morgan fingerprint density at radius 3 is 2.70 bits per heavy atom. The van der Waals surface area contributed by atoms with Crippen molar-refractivity contribution in [1.82, 2.24) is 24.7 Å². The van der Waals surface area contributed by atoms with Gasteiger partial charge >= 0.3 is 6.03 Å². The van der Waals surface area contributed by atoms with Gasteiger partial charge in [0.2, 0.25) is 0 Å². The third-order valence-corrected chi connectivity index (χ3v) is 9.31. The van der Waals surface area contributed by atoms with Crippen molar-refractivity contribution in [2.45, 2.75) is 38.0 Å². The summed E-state index contributed by atoms with van der Waals surface area (Å²) in [6.45, 7) is 7.28. The lowest BCUT2D eigenvalue weighted by atomic mass is 9.91. The van der Waals surface area contributed by atoms with Gasteiger partial charge in [-0.25, -0.2) is 18.6 Å². The van der Waals surface area contributed by atoms with Crippen LogP contribution in [0.4, 0.5) is 19.3 Å². The van der Waals surface area contributed by atoms with Crippen LogP contribution in [0.3, 0.4) is 0 Å². The zero-order valence-electron chi connectivity index (χ0n) is 25.9. The Balaban J connectivity index is 1.05. The summed E-state index contributed by atoms with van der Waals surface area (Å²) in [5.41, 5.74) is 3.13. The van der Waals surface area contributed by atoms with Crippen LogP contribution in [0.1, 0.15) is 47.2 Å². The predicted molar refractivity (Wildman–Crippen MR) is 169 cm³/mol. The van der Waals surface area contributed by atoms with E-state index in [1.807, 2.05) is 24.3 Å². The first-order valence-corrected chi connectivity index (χ1v) is 15.6. The molecule has 5 heterocycles. The number of amides is 2. The zero-order chi connectivity index (χ0) is 32.0. The first-order valence-electron chi connectivity index (χ1n) is 15.6. The molecule has 1 atom stereocenters. The highest BCUT2D eigenvalue weighted by atomic mass is 19.3. The molecule has 2 fully saturated rings. The molecular weight excluding hydrogens is 594 g/mol. The number of piperazine rings is 1. The van der Waals surface area contributed by atoms with E-state index in [-0.39, 0.29) is 30.7 Å². The lowest BCUT2D eigenvalue weighted by Crippen LogP contribution is -2.46. The smallest absolute Gasteiger partial charge is 0.322 e. The molecule has 10 nitrogen and oxygen atoms in total. The second-order valence-electron chi connectivity index (χ2n) is 12.7. The molecule has 3 aliphatic heterocycles. The Morgan fingerprint density at radius 2 is 1.96 bits per heavy atom. The van der Waals surface area contributed by atoms with Crippen molar-refractivity contribution in [3.8, 4) is 11.5 Å². The van der Waals surface area contributed by atoms with Crippen molar-refractivity contribution in [3.63, 3.8) is 0 Å². The van der Waals surface area contributed by atoms with E-state index in [1.165, 1.54) is 6.07 Å². The Kier molecular flexibility index (Phi) is 8.14. The van der Waals surface area contributed by atoms with Crippen molar-refractivity contribution in [1.29, 1.82) is 0 Å². The summed E-state index contributed by atoms with van der Waals surface area (Å²) in [6.07, 6.45) is -0.999. The zero-order valence-corrected chi connectivity index (χ0v) is 25.9. The highest BCUT2D eigenvalue weighted by Crippen LogP contribution is 2.37. The van der Waals surface area contributed by atoms with Crippen LogP contribution in [0.5, 0.6) is 11.5 Å². The minimum Gasteiger partial charge on any atom is -0.457 e.